The van der Waals surface area contributed by atoms with E-state index in [1.54, 1.807) is 20.9 Å². The number of aliphatic hydroxyl groups is 1. The average Bonchev–Trinajstić information content (AvgIpc) is 2.25. The van der Waals surface area contributed by atoms with Gasteiger partial charge in [-0.05, 0) is 26.0 Å². The van der Waals surface area contributed by atoms with Gasteiger partial charge < -0.3 is 15.3 Å². The molecule has 0 amide bonds. The molecule has 4 nitrogen and oxygen atoms in total. The van der Waals surface area contributed by atoms with Crippen LogP contribution in [0.4, 0.5) is 24.8 Å². The first-order valence-corrected chi connectivity index (χ1v) is 5.73. The maximum absolute atomic E-state index is 12.8. The van der Waals surface area contributed by atoms with Gasteiger partial charge in [0.05, 0.1) is 11.2 Å². The van der Waals surface area contributed by atoms with E-state index in [0.717, 1.165) is 12.1 Å². The summed E-state index contributed by atoms with van der Waals surface area (Å²) in [6, 6.07) is 1.91. The van der Waals surface area contributed by atoms with Gasteiger partial charge in [0.15, 0.2) is 0 Å². The molecule has 0 bridgehead atoms. The Labute approximate surface area is 110 Å². The van der Waals surface area contributed by atoms with Gasteiger partial charge in [0.2, 0.25) is 0 Å². The summed E-state index contributed by atoms with van der Waals surface area (Å²) in [5.41, 5.74) is -1.80. The number of pyridine rings is 1. The van der Waals surface area contributed by atoms with Crippen molar-refractivity contribution < 1.29 is 18.3 Å². The number of rotatable bonds is 4. The number of anilines is 2. The minimum absolute atomic E-state index is 0.132. The highest BCUT2D eigenvalue weighted by Gasteiger charge is 2.32. The first-order chi connectivity index (χ1) is 8.53. The highest BCUT2D eigenvalue weighted by Crippen LogP contribution is 2.32. The molecule has 0 unspecified atom stereocenters. The third kappa shape index (κ3) is 4.59. The average molecular weight is 277 g/mol. The standard InChI is InChI=1S/C12H18F3N3O/c1-11(2,19)7-18(4)10-6-8(12(13,14)15)5-9(16-3)17-10/h5-6,19H,7H2,1-4H3,(H,16,17). The van der Waals surface area contributed by atoms with Gasteiger partial charge in [-0.25, -0.2) is 4.98 Å². The lowest BCUT2D eigenvalue weighted by Gasteiger charge is -2.27. The SMILES string of the molecule is CNc1cc(C(F)(F)F)cc(N(C)CC(C)(C)O)n1. The smallest absolute Gasteiger partial charge is 0.389 e. The van der Waals surface area contributed by atoms with E-state index < -0.39 is 17.3 Å². The maximum Gasteiger partial charge on any atom is 0.416 e. The fourth-order valence-electron chi connectivity index (χ4n) is 1.66. The zero-order valence-corrected chi connectivity index (χ0v) is 11.3. The quantitative estimate of drug-likeness (QED) is 0.887. The van der Waals surface area contributed by atoms with Gasteiger partial charge >= 0.3 is 6.18 Å². The second-order valence-electron chi connectivity index (χ2n) is 5.02. The Kier molecular flexibility index (Phi) is 4.29. The van der Waals surface area contributed by atoms with Gasteiger partial charge in [0.25, 0.3) is 0 Å². The topological polar surface area (TPSA) is 48.4 Å². The summed E-state index contributed by atoms with van der Waals surface area (Å²) in [5, 5.41) is 12.3. The van der Waals surface area contributed by atoms with Gasteiger partial charge in [-0.1, -0.05) is 0 Å². The highest BCUT2D eigenvalue weighted by atomic mass is 19.4. The van der Waals surface area contributed by atoms with Crippen molar-refractivity contribution >= 4 is 11.6 Å². The predicted octanol–water partition coefficient (Wildman–Crippen LogP) is 2.35. The minimum Gasteiger partial charge on any atom is -0.389 e. The van der Waals surface area contributed by atoms with E-state index in [-0.39, 0.29) is 18.2 Å². The molecule has 0 aromatic carbocycles. The molecule has 0 atom stereocenters. The zero-order valence-electron chi connectivity index (χ0n) is 11.3. The van der Waals surface area contributed by atoms with Crippen LogP contribution >= 0.6 is 0 Å². The fourth-order valence-corrected chi connectivity index (χ4v) is 1.66. The Balaban J connectivity index is 3.13. The molecule has 7 heteroatoms. The minimum atomic E-state index is -4.43. The van der Waals surface area contributed by atoms with Crippen molar-refractivity contribution in [2.75, 3.05) is 30.9 Å². The van der Waals surface area contributed by atoms with Crippen LogP contribution in [0.3, 0.4) is 0 Å². The van der Waals surface area contributed by atoms with E-state index >= 15 is 0 Å². The molecular weight excluding hydrogens is 259 g/mol. The van der Waals surface area contributed by atoms with Gasteiger partial charge in [-0.2, -0.15) is 13.2 Å². The number of hydrogen-bond acceptors (Lipinski definition) is 4. The molecule has 19 heavy (non-hydrogen) atoms. The van der Waals surface area contributed by atoms with Gasteiger partial charge in [-0.3, -0.25) is 0 Å². The van der Waals surface area contributed by atoms with Crippen molar-refractivity contribution in [3.63, 3.8) is 0 Å². The van der Waals surface area contributed by atoms with E-state index in [2.05, 4.69) is 10.3 Å². The lowest BCUT2D eigenvalue weighted by atomic mass is 10.1. The van der Waals surface area contributed by atoms with Crippen molar-refractivity contribution in [1.29, 1.82) is 0 Å². The summed E-state index contributed by atoms with van der Waals surface area (Å²) in [5.74, 6) is 0.286. The predicted molar refractivity (Wildman–Crippen MR) is 68.4 cm³/mol. The van der Waals surface area contributed by atoms with Crippen LogP contribution in [0.5, 0.6) is 0 Å². The number of nitrogens with one attached hydrogen (secondary N) is 1. The molecule has 0 aliphatic carbocycles. The zero-order chi connectivity index (χ0) is 14.8. The monoisotopic (exact) mass is 277 g/mol. The van der Waals surface area contributed by atoms with Crippen molar-refractivity contribution in [3.8, 4) is 0 Å². The van der Waals surface area contributed by atoms with E-state index in [1.165, 1.54) is 11.9 Å². The molecule has 0 radical (unpaired) electrons. The normalized spacial score (nSPS) is 12.4. The van der Waals surface area contributed by atoms with Crippen LogP contribution < -0.4 is 10.2 Å². The van der Waals surface area contributed by atoms with Crippen LogP contribution in [0.15, 0.2) is 12.1 Å². The van der Waals surface area contributed by atoms with Crippen molar-refractivity contribution in [2.24, 2.45) is 0 Å². The number of alkyl halides is 3. The summed E-state index contributed by atoms with van der Waals surface area (Å²) in [6.45, 7) is 3.33. The molecule has 0 saturated heterocycles. The molecule has 1 rings (SSSR count). The van der Waals surface area contributed by atoms with Crippen LogP contribution in [-0.2, 0) is 6.18 Å². The summed E-state index contributed by atoms with van der Waals surface area (Å²) in [6.07, 6.45) is -4.43. The lowest BCUT2D eigenvalue weighted by Crippen LogP contribution is -2.36. The molecule has 0 saturated carbocycles. The number of nitrogens with zero attached hydrogens (tertiary/aromatic N) is 2. The molecule has 2 N–H and O–H groups in total. The Bertz CT molecular complexity index is 441. The molecule has 0 fully saturated rings. The summed E-state index contributed by atoms with van der Waals surface area (Å²) in [4.78, 5) is 5.54. The number of hydrogen-bond donors (Lipinski definition) is 2. The first kappa shape index (κ1) is 15.6. The maximum atomic E-state index is 12.8. The van der Waals surface area contributed by atoms with Crippen LogP contribution in [0.1, 0.15) is 19.4 Å². The fraction of sp³-hybridized carbons (Fsp3) is 0.583. The largest absolute Gasteiger partial charge is 0.416 e. The van der Waals surface area contributed by atoms with Crippen LogP contribution in [0.25, 0.3) is 0 Å². The van der Waals surface area contributed by atoms with Crippen molar-refractivity contribution in [1.82, 2.24) is 4.98 Å². The third-order valence-electron chi connectivity index (χ3n) is 2.41. The first-order valence-electron chi connectivity index (χ1n) is 5.73. The Hall–Kier alpha value is -1.50. The van der Waals surface area contributed by atoms with Gasteiger partial charge in [-0.15, -0.1) is 0 Å². The second-order valence-corrected chi connectivity index (χ2v) is 5.02. The summed E-state index contributed by atoms with van der Waals surface area (Å²) >= 11 is 0. The molecule has 108 valence electrons. The Morgan fingerprint density at radius 1 is 1.32 bits per heavy atom. The number of likely N-dealkylation sites (N-methyl/N-ethyl adjacent to an activating group) is 1. The van der Waals surface area contributed by atoms with Crippen LogP contribution in [0, 0.1) is 0 Å². The Morgan fingerprint density at radius 2 is 1.89 bits per heavy atom. The van der Waals surface area contributed by atoms with Gasteiger partial charge in [0.1, 0.15) is 11.6 Å². The van der Waals surface area contributed by atoms with E-state index in [4.69, 9.17) is 0 Å². The van der Waals surface area contributed by atoms with Crippen molar-refractivity contribution in [3.05, 3.63) is 17.7 Å². The van der Waals surface area contributed by atoms with Crippen molar-refractivity contribution in [2.45, 2.75) is 25.6 Å². The van der Waals surface area contributed by atoms with Gasteiger partial charge in [0, 0.05) is 20.6 Å². The van der Waals surface area contributed by atoms with E-state index in [1.807, 2.05) is 0 Å². The summed E-state index contributed by atoms with van der Waals surface area (Å²) in [7, 11) is 3.09. The number of aromatic nitrogens is 1. The van der Waals surface area contributed by atoms with E-state index in [9.17, 15) is 18.3 Å². The van der Waals surface area contributed by atoms with E-state index in [0.29, 0.717) is 0 Å². The highest BCUT2D eigenvalue weighted by molar-refractivity contribution is 5.50. The Morgan fingerprint density at radius 3 is 2.32 bits per heavy atom. The number of halogens is 3. The summed E-state index contributed by atoms with van der Waals surface area (Å²) < 4.78 is 38.3. The van der Waals surface area contributed by atoms with Crippen LogP contribution in [-0.4, -0.2) is 36.3 Å². The molecule has 0 spiro atoms. The molecule has 0 aliphatic rings. The molecule has 0 aliphatic heterocycles. The van der Waals surface area contributed by atoms with Crippen LogP contribution in [0.2, 0.25) is 0 Å². The second kappa shape index (κ2) is 5.24. The lowest BCUT2D eigenvalue weighted by molar-refractivity contribution is -0.137. The molecule has 1 heterocycles. The molecule has 1 aromatic rings. The molecule has 1 aromatic heterocycles. The third-order valence-corrected chi connectivity index (χ3v) is 2.41. The molecular formula is C12H18F3N3O.